The van der Waals surface area contributed by atoms with Crippen LogP contribution in [0.1, 0.15) is 51.9 Å². The third-order valence-electron chi connectivity index (χ3n) is 3.22. The van der Waals surface area contributed by atoms with Crippen molar-refractivity contribution in [3.63, 3.8) is 0 Å². The van der Waals surface area contributed by atoms with E-state index in [9.17, 15) is 14.4 Å². The summed E-state index contributed by atoms with van der Waals surface area (Å²) in [4.78, 5) is 35.5. The van der Waals surface area contributed by atoms with Crippen LogP contribution in [-0.2, 0) is 14.4 Å². The van der Waals surface area contributed by atoms with Crippen molar-refractivity contribution in [2.24, 2.45) is 0 Å². The van der Waals surface area contributed by atoms with Gasteiger partial charge >= 0.3 is 0 Å². The quantitative estimate of drug-likeness (QED) is 0.432. The molecule has 0 fully saturated rings. The molecule has 1 heterocycles. The first-order valence-electron chi connectivity index (χ1n) is 6.86. The van der Waals surface area contributed by atoms with E-state index in [1.165, 1.54) is 4.90 Å². The maximum atomic E-state index is 11.7. The van der Waals surface area contributed by atoms with E-state index in [1.807, 2.05) is 0 Å². The highest BCUT2D eigenvalue weighted by Gasteiger charge is 2.35. The summed E-state index contributed by atoms with van der Waals surface area (Å²) in [6, 6.07) is 0. The van der Waals surface area contributed by atoms with Crippen molar-refractivity contribution in [1.29, 1.82) is 0 Å². The van der Waals surface area contributed by atoms with Gasteiger partial charge in [-0.3, -0.25) is 14.5 Å². The Morgan fingerprint density at radius 2 is 1.35 bits per heavy atom. The van der Waals surface area contributed by atoms with E-state index in [0.29, 0.717) is 21.9 Å². The normalized spacial score (nSPS) is 15.4. The standard InChI is InChI=1S/C14H19Br2NO3/c1-10(18)8-6-4-2-3-5-7-9-17-13(19)11(15)12(16)14(17)20/h2-9H2,1H3. The summed E-state index contributed by atoms with van der Waals surface area (Å²) in [6.45, 7) is 2.09. The van der Waals surface area contributed by atoms with Gasteiger partial charge < -0.3 is 4.79 Å². The molecule has 0 N–H and O–H groups in total. The Hall–Kier alpha value is -0.490. The largest absolute Gasteiger partial charge is 0.300 e. The van der Waals surface area contributed by atoms with E-state index in [4.69, 9.17) is 0 Å². The van der Waals surface area contributed by atoms with Crippen LogP contribution in [0.25, 0.3) is 0 Å². The van der Waals surface area contributed by atoms with Crippen LogP contribution in [0.5, 0.6) is 0 Å². The zero-order valence-electron chi connectivity index (χ0n) is 11.6. The molecule has 0 aromatic carbocycles. The molecule has 0 atom stereocenters. The lowest BCUT2D eigenvalue weighted by Crippen LogP contribution is -2.32. The van der Waals surface area contributed by atoms with Crippen molar-refractivity contribution in [2.45, 2.75) is 51.9 Å². The molecule has 0 saturated heterocycles. The molecule has 0 bridgehead atoms. The zero-order valence-corrected chi connectivity index (χ0v) is 14.8. The van der Waals surface area contributed by atoms with E-state index in [2.05, 4.69) is 31.9 Å². The van der Waals surface area contributed by atoms with Crippen molar-refractivity contribution in [1.82, 2.24) is 4.90 Å². The minimum atomic E-state index is -0.261. The van der Waals surface area contributed by atoms with Crippen LogP contribution in [0, 0.1) is 0 Å². The van der Waals surface area contributed by atoms with E-state index in [1.54, 1.807) is 6.92 Å². The lowest BCUT2D eigenvalue weighted by Gasteiger charge is -2.13. The number of rotatable bonds is 9. The lowest BCUT2D eigenvalue weighted by atomic mass is 10.1. The number of amides is 2. The van der Waals surface area contributed by atoms with Gasteiger partial charge in [-0.1, -0.05) is 25.7 Å². The topological polar surface area (TPSA) is 54.5 Å². The predicted molar refractivity (Wildman–Crippen MR) is 84.6 cm³/mol. The van der Waals surface area contributed by atoms with Gasteiger partial charge in [-0.15, -0.1) is 0 Å². The summed E-state index contributed by atoms with van der Waals surface area (Å²) in [5.41, 5.74) is 0. The summed E-state index contributed by atoms with van der Waals surface area (Å²) in [7, 11) is 0. The molecule has 0 aromatic rings. The highest BCUT2D eigenvalue weighted by atomic mass is 79.9. The fourth-order valence-electron chi connectivity index (χ4n) is 2.07. The lowest BCUT2D eigenvalue weighted by molar-refractivity contribution is -0.137. The number of hydrogen-bond donors (Lipinski definition) is 0. The molecule has 112 valence electrons. The molecule has 0 radical (unpaired) electrons. The molecule has 0 unspecified atom stereocenters. The van der Waals surface area contributed by atoms with E-state index < -0.39 is 0 Å². The molecule has 1 aliphatic rings. The molecular formula is C14H19Br2NO3. The van der Waals surface area contributed by atoms with Crippen molar-refractivity contribution in [3.05, 3.63) is 8.96 Å². The van der Waals surface area contributed by atoms with Gasteiger partial charge in [-0.25, -0.2) is 0 Å². The smallest absolute Gasteiger partial charge is 0.269 e. The fourth-order valence-corrected chi connectivity index (χ4v) is 2.84. The molecule has 4 nitrogen and oxygen atoms in total. The highest BCUT2D eigenvalue weighted by molar-refractivity contribution is 9.14. The van der Waals surface area contributed by atoms with Crippen molar-refractivity contribution >= 4 is 49.5 Å². The first kappa shape index (κ1) is 17.6. The first-order chi connectivity index (χ1) is 9.45. The van der Waals surface area contributed by atoms with Crippen molar-refractivity contribution in [3.8, 4) is 0 Å². The van der Waals surface area contributed by atoms with E-state index in [0.717, 1.165) is 38.5 Å². The third-order valence-corrected chi connectivity index (χ3v) is 5.22. The van der Waals surface area contributed by atoms with Gasteiger partial charge in [0.05, 0.1) is 0 Å². The maximum absolute atomic E-state index is 11.7. The summed E-state index contributed by atoms with van der Waals surface area (Å²) >= 11 is 6.21. The Morgan fingerprint density at radius 3 is 1.85 bits per heavy atom. The van der Waals surface area contributed by atoms with Crippen LogP contribution in [0.2, 0.25) is 0 Å². The highest BCUT2D eigenvalue weighted by Crippen LogP contribution is 2.29. The molecule has 0 saturated carbocycles. The molecule has 0 aliphatic carbocycles. The summed E-state index contributed by atoms with van der Waals surface area (Å²) in [5, 5.41) is 0. The van der Waals surface area contributed by atoms with Gasteiger partial charge in [0.1, 0.15) is 14.7 Å². The van der Waals surface area contributed by atoms with Crippen LogP contribution in [0.4, 0.5) is 0 Å². The molecule has 2 amide bonds. The zero-order chi connectivity index (χ0) is 15.1. The number of hydrogen-bond acceptors (Lipinski definition) is 3. The predicted octanol–water partition coefficient (Wildman–Crippen LogP) is 3.68. The van der Waals surface area contributed by atoms with Gasteiger partial charge in [0.25, 0.3) is 11.8 Å². The van der Waals surface area contributed by atoms with Gasteiger partial charge in [0.2, 0.25) is 0 Å². The van der Waals surface area contributed by atoms with E-state index in [-0.39, 0.29) is 17.6 Å². The van der Waals surface area contributed by atoms with Gasteiger partial charge in [0.15, 0.2) is 0 Å². The summed E-state index contributed by atoms with van der Waals surface area (Å²) in [5.74, 6) is -0.272. The second-order valence-corrected chi connectivity index (χ2v) is 6.55. The molecule has 0 spiro atoms. The van der Waals surface area contributed by atoms with Gasteiger partial charge in [-0.2, -0.15) is 0 Å². The number of unbranched alkanes of at least 4 members (excludes halogenated alkanes) is 5. The Kier molecular flexibility index (Phi) is 7.66. The van der Waals surface area contributed by atoms with Crippen molar-refractivity contribution in [2.75, 3.05) is 6.54 Å². The molecule has 0 aromatic heterocycles. The average molecular weight is 409 g/mol. The number of imide groups is 1. The number of carbonyl (C=O) groups excluding carboxylic acids is 3. The van der Waals surface area contributed by atoms with Crippen LogP contribution < -0.4 is 0 Å². The number of nitrogens with zero attached hydrogens (tertiary/aromatic N) is 1. The van der Waals surface area contributed by atoms with Crippen LogP contribution in [0.3, 0.4) is 0 Å². The Labute approximate surface area is 136 Å². The minimum Gasteiger partial charge on any atom is -0.300 e. The van der Waals surface area contributed by atoms with Crippen LogP contribution >= 0.6 is 31.9 Å². The monoisotopic (exact) mass is 407 g/mol. The second kappa shape index (κ2) is 8.72. The first-order valence-corrected chi connectivity index (χ1v) is 8.44. The summed E-state index contributed by atoms with van der Waals surface area (Å²) < 4.78 is 0.624. The molecule has 1 aliphatic heterocycles. The average Bonchev–Trinajstić information content (AvgIpc) is 2.58. The number of ketones is 1. The fraction of sp³-hybridized carbons (Fsp3) is 0.643. The van der Waals surface area contributed by atoms with Crippen LogP contribution in [0.15, 0.2) is 8.96 Å². The third kappa shape index (κ3) is 5.13. The maximum Gasteiger partial charge on any atom is 0.269 e. The number of Topliss-reactive ketones (excluding diaryl/α,β-unsaturated/α-hetero) is 1. The Morgan fingerprint density at radius 1 is 0.900 bits per heavy atom. The number of halogens is 2. The molecule has 6 heteroatoms. The molecular weight excluding hydrogens is 390 g/mol. The Bertz CT molecular complexity index is 408. The summed E-state index contributed by atoms with van der Waals surface area (Å²) in [6.07, 6.45) is 6.69. The number of carbonyl (C=O) groups is 3. The van der Waals surface area contributed by atoms with Gasteiger partial charge in [0, 0.05) is 13.0 Å². The molecule has 20 heavy (non-hydrogen) atoms. The van der Waals surface area contributed by atoms with Gasteiger partial charge in [-0.05, 0) is 51.6 Å². The second-order valence-electron chi connectivity index (χ2n) is 4.96. The SMILES string of the molecule is CC(=O)CCCCCCCCN1C(=O)C(Br)=C(Br)C1=O. The van der Waals surface area contributed by atoms with Crippen LogP contribution in [-0.4, -0.2) is 29.0 Å². The van der Waals surface area contributed by atoms with E-state index >= 15 is 0 Å². The minimum absolute atomic E-state index is 0.250. The molecule has 1 rings (SSSR count). The van der Waals surface area contributed by atoms with Crippen molar-refractivity contribution < 1.29 is 14.4 Å². The Balaban J connectivity index is 2.10.